The van der Waals surface area contributed by atoms with Crippen LogP contribution in [0.4, 0.5) is 21.5 Å². The maximum absolute atomic E-state index is 14.1. The molecule has 2 aliphatic heterocycles. The highest BCUT2D eigenvalue weighted by Gasteiger charge is 2.42. The first-order valence-electron chi connectivity index (χ1n) is 11.4. The smallest absolute Gasteiger partial charge is 0.220 e. The van der Waals surface area contributed by atoms with Gasteiger partial charge in [-0.2, -0.15) is 4.99 Å². The lowest BCUT2D eigenvalue weighted by molar-refractivity contribution is 0.305. The summed E-state index contributed by atoms with van der Waals surface area (Å²) in [7, 11) is 0. The maximum Gasteiger partial charge on any atom is 0.220 e. The SMILES string of the molecule is NC1=NC2(CCCCC2)N(c2ccc(N3CCN(c4ccccc4F)CC3)cc2)C(N)=N1. The third kappa shape index (κ3) is 3.74. The van der Waals surface area contributed by atoms with Gasteiger partial charge in [-0.25, -0.2) is 9.38 Å². The minimum Gasteiger partial charge on any atom is -0.369 e. The highest BCUT2D eigenvalue weighted by molar-refractivity contribution is 6.05. The number of nitrogens with zero attached hydrogens (tertiary/aromatic N) is 5. The first kappa shape index (κ1) is 20.6. The molecule has 32 heavy (non-hydrogen) atoms. The molecule has 1 saturated heterocycles. The Kier molecular flexibility index (Phi) is 5.36. The molecule has 2 aromatic carbocycles. The van der Waals surface area contributed by atoms with Gasteiger partial charge in [0.15, 0.2) is 0 Å². The van der Waals surface area contributed by atoms with Gasteiger partial charge >= 0.3 is 0 Å². The third-order valence-corrected chi connectivity index (χ3v) is 6.80. The third-order valence-electron chi connectivity index (χ3n) is 6.80. The average molecular weight is 436 g/mol. The van der Waals surface area contributed by atoms with Crippen LogP contribution in [-0.2, 0) is 0 Å². The lowest BCUT2D eigenvalue weighted by Crippen LogP contribution is -2.58. The zero-order valence-electron chi connectivity index (χ0n) is 18.3. The monoisotopic (exact) mass is 435 g/mol. The van der Waals surface area contributed by atoms with Crippen LogP contribution in [-0.4, -0.2) is 43.8 Å². The molecule has 5 rings (SSSR count). The van der Waals surface area contributed by atoms with Crippen LogP contribution < -0.4 is 26.2 Å². The normalized spacial score (nSPS) is 20.8. The fourth-order valence-electron chi connectivity index (χ4n) is 5.22. The molecule has 3 aliphatic rings. The highest BCUT2D eigenvalue weighted by atomic mass is 19.1. The number of guanidine groups is 2. The van der Waals surface area contributed by atoms with Gasteiger partial charge in [-0.1, -0.05) is 18.6 Å². The molecule has 0 unspecified atom stereocenters. The molecule has 0 radical (unpaired) electrons. The molecule has 0 bridgehead atoms. The molecule has 1 aliphatic carbocycles. The Hall–Kier alpha value is -3.29. The summed E-state index contributed by atoms with van der Waals surface area (Å²) in [5, 5.41) is 0. The summed E-state index contributed by atoms with van der Waals surface area (Å²) in [4.78, 5) is 15.5. The first-order valence-corrected chi connectivity index (χ1v) is 11.4. The van der Waals surface area contributed by atoms with Crippen molar-refractivity contribution >= 4 is 29.0 Å². The van der Waals surface area contributed by atoms with Gasteiger partial charge < -0.3 is 21.3 Å². The standard InChI is InChI=1S/C24H30FN7/c25-20-6-2-3-7-21(20)31-16-14-30(15-17-31)18-8-10-19(11-9-18)32-23(27)28-22(26)29-24(32)12-4-1-5-13-24/h2-3,6-11H,1,4-5,12-17H2,(H4,26,27,28,29). The van der Waals surface area contributed by atoms with Gasteiger partial charge in [0.05, 0.1) is 5.69 Å². The van der Waals surface area contributed by atoms with E-state index in [2.05, 4.69) is 44.0 Å². The van der Waals surface area contributed by atoms with E-state index in [1.165, 1.54) is 12.5 Å². The number of piperazine rings is 1. The van der Waals surface area contributed by atoms with Gasteiger partial charge in [-0.05, 0) is 62.1 Å². The van der Waals surface area contributed by atoms with E-state index in [0.717, 1.165) is 63.2 Å². The molecule has 2 aromatic rings. The molecule has 0 atom stereocenters. The van der Waals surface area contributed by atoms with Crippen LogP contribution in [0.15, 0.2) is 58.5 Å². The van der Waals surface area contributed by atoms with Crippen LogP contribution in [0.25, 0.3) is 0 Å². The second-order valence-corrected chi connectivity index (χ2v) is 8.76. The van der Waals surface area contributed by atoms with E-state index >= 15 is 0 Å². The number of hydrogen-bond donors (Lipinski definition) is 2. The maximum atomic E-state index is 14.1. The molecule has 0 amide bonds. The fourth-order valence-corrected chi connectivity index (χ4v) is 5.22. The molecule has 8 heteroatoms. The highest BCUT2D eigenvalue weighted by Crippen LogP contribution is 2.39. The first-order chi connectivity index (χ1) is 15.6. The van der Waals surface area contributed by atoms with Gasteiger partial charge in [0, 0.05) is 37.6 Å². The second kappa shape index (κ2) is 8.33. The molecule has 7 nitrogen and oxygen atoms in total. The minimum absolute atomic E-state index is 0.161. The predicted octanol–water partition coefficient (Wildman–Crippen LogP) is 3.26. The van der Waals surface area contributed by atoms with Gasteiger partial charge in [-0.15, -0.1) is 0 Å². The van der Waals surface area contributed by atoms with Crippen molar-refractivity contribution in [1.29, 1.82) is 0 Å². The molecular formula is C24H30FN7. The van der Waals surface area contributed by atoms with E-state index in [1.54, 1.807) is 6.07 Å². The Balaban J connectivity index is 1.31. The van der Waals surface area contributed by atoms with Crippen LogP contribution >= 0.6 is 0 Å². The summed E-state index contributed by atoms with van der Waals surface area (Å²) >= 11 is 0. The van der Waals surface area contributed by atoms with Gasteiger partial charge in [-0.3, -0.25) is 4.90 Å². The molecule has 168 valence electrons. The van der Waals surface area contributed by atoms with E-state index in [4.69, 9.17) is 16.5 Å². The van der Waals surface area contributed by atoms with E-state index in [9.17, 15) is 4.39 Å². The van der Waals surface area contributed by atoms with Crippen LogP contribution in [0.2, 0.25) is 0 Å². The summed E-state index contributed by atoms with van der Waals surface area (Å²) < 4.78 is 14.1. The summed E-state index contributed by atoms with van der Waals surface area (Å²) in [6.07, 6.45) is 5.25. The molecule has 0 aromatic heterocycles. The van der Waals surface area contributed by atoms with E-state index in [0.29, 0.717) is 11.6 Å². The van der Waals surface area contributed by atoms with Gasteiger partial charge in [0.25, 0.3) is 0 Å². The number of benzene rings is 2. The number of halogens is 1. The molecule has 4 N–H and O–H groups in total. The van der Waals surface area contributed by atoms with E-state index < -0.39 is 5.66 Å². The Morgan fingerprint density at radius 3 is 2.09 bits per heavy atom. The second-order valence-electron chi connectivity index (χ2n) is 8.76. The number of anilines is 3. The molecule has 1 saturated carbocycles. The van der Waals surface area contributed by atoms with Crippen molar-refractivity contribution < 1.29 is 4.39 Å². The molecular weight excluding hydrogens is 405 g/mol. The Morgan fingerprint density at radius 2 is 1.41 bits per heavy atom. The quantitative estimate of drug-likeness (QED) is 0.773. The molecule has 1 spiro atoms. The average Bonchev–Trinajstić information content (AvgIpc) is 2.80. The van der Waals surface area contributed by atoms with Crippen LogP contribution in [0, 0.1) is 5.82 Å². The van der Waals surface area contributed by atoms with Crippen molar-refractivity contribution in [2.45, 2.75) is 37.8 Å². The van der Waals surface area contributed by atoms with Gasteiger partial charge in [0.1, 0.15) is 11.5 Å². The van der Waals surface area contributed by atoms with Crippen molar-refractivity contribution in [3.63, 3.8) is 0 Å². The molecule has 2 heterocycles. The van der Waals surface area contributed by atoms with Crippen LogP contribution in [0.3, 0.4) is 0 Å². The lowest BCUT2D eigenvalue weighted by atomic mass is 9.87. The Morgan fingerprint density at radius 1 is 0.781 bits per heavy atom. The Bertz CT molecular complexity index is 1020. The summed E-state index contributed by atoms with van der Waals surface area (Å²) in [6, 6.07) is 15.4. The fraction of sp³-hybridized carbons (Fsp3) is 0.417. The van der Waals surface area contributed by atoms with Gasteiger partial charge in [0.2, 0.25) is 11.9 Å². The number of para-hydroxylation sites is 1. The van der Waals surface area contributed by atoms with E-state index in [-0.39, 0.29) is 11.8 Å². The van der Waals surface area contributed by atoms with Crippen LogP contribution in [0.1, 0.15) is 32.1 Å². The zero-order chi connectivity index (χ0) is 22.1. The summed E-state index contributed by atoms with van der Waals surface area (Å²) in [6.45, 7) is 3.24. The number of rotatable bonds is 3. The predicted molar refractivity (Wildman–Crippen MR) is 129 cm³/mol. The topological polar surface area (TPSA) is 86.5 Å². The van der Waals surface area contributed by atoms with Crippen molar-refractivity contribution in [3.8, 4) is 0 Å². The largest absolute Gasteiger partial charge is 0.369 e. The van der Waals surface area contributed by atoms with Crippen molar-refractivity contribution in [2.24, 2.45) is 21.5 Å². The number of aliphatic imine (C=N–C) groups is 2. The van der Waals surface area contributed by atoms with Crippen molar-refractivity contribution in [1.82, 2.24) is 0 Å². The van der Waals surface area contributed by atoms with Crippen LogP contribution in [0.5, 0.6) is 0 Å². The zero-order valence-corrected chi connectivity index (χ0v) is 18.3. The summed E-state index contributed by atoms with van der Waals surface area (Å²) in [5.41, 5.74) is 14.7. The lowest BCUT2D eigenvalue weighted by Gasteiger charge is -2.45. The number of hydrogen-bond acceptors (Lipinski definition) is 7. The Labute approximate surface area is 188 Å². The van der Waals surface area contributed by atoms with Crippen molar-refractivity contribution in [3.05, 3.63) is 54.3 Å². The minimum atomic E-state index is -0.429. The summed E-state index contributed by atoms with van der Waals surface area (Å²) in [5.74, 6) is 0.515. The van der Waals surface area contributed by atoms with Crippen molar-refractivity contribution in [2.75, 3.05) is 40.9 Å². The van der Waals surface area contributed by atoms with E-state index in [1.807, 2.05) is 12.1 Å². The molecule has 2 fully saturated rings. The number of nitrogens with two attached hydrogens (primary N) is 2.